The Morgan fingerprint density at radius 1 is 1.30 bits per heavy atom. The molecule has 2 aliphatic rings. The monoisotopic (exact) mass is 381 g/mol. The van der Waals surface area contributed by atoms with Crippen molar-refractivity contribution < 1.29 is 9.53 Å². The average molecular weight is 382 g/mol. The number of nitrogens with two attached hydrogens (primary N) is 1. The van der Waals surface area contributed by atoms with E-state index in [1.807, 2.05) is 35.2 Å². The highest BCUT2D eigenvalue weighted by Gasteiger charge is 2.33. The maximum atomic E-state index is 13.4. The van der Waals surface area contributed by atoms with E-state index in [-0.39, 0.29) is 12.0 Å². The van der Waals surface area contributed by atoms with Gasteiger partial charge in [0.05, 0.1) is 18.2 Å². The minimum absolute atomic E-state index is 0.00392. The van der Waals surface area contributed by atoms with E-state index in [1.165, 1.54) is 24.2 Å². The molecule has 1 aromatic heterocycles. The van der Waals surface area contributed by atoms with Crippen LogP contribution in [-0.4, -0.2) is 23.5 Å². The van der Waals surface area contributed by atoms with Gasteiger partial charge in [-0.2, -0.15) is 5.26 Å². The van der Waals surface area contributed by atoms with E-state index in [9.17, 15) is 10.1 Å². The lowest BCUT2D eigenvalue weighted by Crippen LogP contribution is -2.40. The molecule has 0 bridgehead atoms. The van der Waals surface area contributed by atoms with Gasteiger partial charge in [0, 0.05) is 11.4 Å². The van der Waals surface area contributed by atoms with Gasteiger partial charge in [-0.1, -0.05) is 43.2 Å². The number of nitrogen functional groups attached to an aromatic ring is 1. The fourth-order valence-corrected chi connectivity index (χ4v) is 5.11. The summed E-state index contributed by atoms with van der Waals surface area (Å²) in [4.78, 5) is 16.2. The summed E-state index contributed by atoms with van der Waals surface area (Å²) in [6, 6.07) is 12.0. The number of nitrogens with zero attached hydrogens (tertiary/aromatic N) is 2. The van der Waals surface area contributed by atoms with Crippen LogP contribution in [0.4, 0.5) is 5.00 Å². The van der Waals surface area contributed by atoms with Gasteiger partial charge < -0.3 is 15.4 Å². The first-order chi connectivity index (χ1) is 13.2. The molecule has 1 aliphatic heterocycles. The molecule has 6 heteroatoms. The third-order valence-electron chi connectivity index (χ3n) is 5.46. The first-order valence-electron chi connectivity index (χ1n) is 9.46. The molecule has 140 valence electrons. The summed E-state index contributed by atoms with van der Waals surface area (Å²) < 4.78 is 6.29. The second-order valence-electron chi connectivity index (χ2n) is 7.20. The zero-order valence-corrected chi connectivity index (χ0v) is 16.0. The van der Waals surface area contributed by atoms with Gasteiger partial charge >= 0.3 is 0 Å². The molecule has 1 aliphatic carbocycles. The lowest BCUT2D eigenvalue weighted by atomic mass is 10.0. The van der Waals surface area contributed by atoms with Crippen molar-refractivity contribution in [3.05, 3.63) is 51.9 Å². The zero-order valence-electron chi connectivity index (χ0n) is 15.2. The first-order valence-corrected chi connectivity index (χ1v) is 10.3. The first kappa shape index (κ1) is 18.0. The van der Waals surface area contributed by atoms with Gasteiger partial charge in [0.25, 0.3) is 5.91 Å². The van der Waals surface area contributed by atoms with Crippen molar-refractivity contribution >= 4 is 22.2 Å². The van der Waals surface area contributed by atoms with Crippen molar-refractivity contribution in [3.8, 4) is 6.07 Å². The Morgan fingerprint density at radius 3 is 2.74 bits per heavy atom. The zero-order chi connectivity index (χ0) is 18.8. The Labute approximate surface area is 163 Å². The molecular formula is C21H23N3O2S. The third-order valence-corrected chi connectivity index (χ3v) is 6.51. The molecule has 1 amide bonds. The molecule has 1 unspecified atom stereocenters. The van der Waals surface area contributed by atoms with E-state index in [0.29, 0.717) is 30.1 Å². The summed E-state index contributed by atoms with van der Waals surface area (Å²) in [5.41, 5.74) is 8.49. The molecule has 27 heavy (non-hydrogen) atoms. The highest BCUT2D eigenvalue weighted by molar-refractivity contribution is 7.16. The van der Waals surface area contributed by atoms with Crippen LogP contribution in [0.1, 0.15) is 53.4 Å². The number of amides is 1. The summed E-state index contributed by atoms with van der Waals surface area (Å²) in [5, 5.41) is 9.87. The van der Waals surface area contributed by atoms with Crippen molar-refractivity contribution in [2.24, 2.45) is 0 Å². The van der Waals surface area contributed by atoms with Crippen LogP contribution in [0.25, 0.3) is 0 Å². The second kappa shape index (κ2) is 7.71. The van der Waals surface area contributed by atoms with E-state index in [0.717, 1.165) is 28.8 Å². The van der Waals surface area contributed by atoms with Gasteiger partial charge in [-0.25, -0.2) is 0 Å². The quantitative estimate of drug-likeness (QED) is 0.874. The number of thiophene rings is 1. The van der Waals surface area contributed by atoms with E-state index >= 15 is 0 Å². The van der Waals surface area contributed by atoms with E-state index in [2.05, 4.69) is 6.07 Å². The Kier molecular flexibility index (Phi) is 5.15. The number of fused-ring (bicyclic) bond motifs is 1. The Hall–Kier alpha value is -2.36. The van der Waals surface area contributed by atoms with Crippen molar-refractivity contribution in [2.45, 2.75) is 50.9 Å². The standard InChI is InChI=1S/C21H23N3O2S/c22-12-17-16-10-11-24(13-18(16)27-20(17)23)21(25)19(14-6-2-1-3-7-14)26-15-8-4-5-9-15/h1-3,6-7,15,19H,4-5,8-11,13,23H2. The number of nitriles is 1. The van der Waals surface area contributed by atoms with Gasteiger partial charge in [-0.05, 0) is 30.4 Å². The maximum Gasteiger partial charge on any atom is 0.256 e. The van der Waals surface area contributed by atoms with Crippen molar-refractivity contribution in [1.82, 2.24) is 4.90 Å². The van der Waals surface area contributed by atoms with Gasteiger partial charge in [0.1, 0.15) is 11.1 Å². The number of hydrogen-bond acceptors (Lipinski definition) is 5. The number of ether oxygens (including phenoxy) is 1. The largest absolute Gasteiger partial charge is 0.389 e. The molecule has 1 atom stereocenters. The summed E-state index contributed by atoms with van der Waals surface area (Å²) in [6.07, 6.45) is 4.63. The minimum atomic E-state index is -0.566. The molecule has 2 heterocycles. The molecule has 2 aromatic rings. The summed E-state index contributed by atoms with van der Waals surface area (Å²) in [7, 11) is 0. The van der Waals surface area contributed by atoms with Crippen molar-refractivity contribution in [1.29, 1.82) is 5.26 Å². The lowest BCUT2D eigenvalue weighted by Gasteiger charge is -2.31. The molecule has 5 nitrogen and oxygen atoms in total. The predicted octanol–water partition coefficient (Wildman–Crippen LogP) is 3.79. The second-order valence-corrected chi connectivity index (χ2v) is 8.33. The molecule has 2 N–H and O–H groups in total. The van der Waals surface area contributed by atoms with Gasteiger partial charge in [0.15, 0.2) is 6.10 Å². The molecule has 1 aromatic carbocycles. The Balaban J connectivity index is 1.57. The van der Waals surface area contributed by atoms with E-state index in [4.69, 9.17) is 10.5 Å². The molecule has 0 saturated heterocycles. The predicted molar refractivity (Wildman–Crippen MR) is 105 cm³/mol. The van der Waals surface area contributed by atoms with Crippen LogP contribution >= 0.6 is 11.3 Å². The maximum absolute atomic E-state index is 13.4. The van der Waals surface area contributed by atoms with Crippen molar-refractivity contribution in [3.63, 3.8) is 0 Å². The molecule has 1 fully saturated rings. The molecule has 0 spiro atoms. The number of carbonyl (C=O) groups is 1. The highest BCUT2D eigenvalue weighted by Crippen LogP contribution is 2.36. The third kappa shape index (κ3) is 3.58. The van der Waals surface area contributed by atoms with Crippen LogP contribution in [0.2, 0.25) is 0 Å². The minimum Gasteiger partial charge on any atom is -0.389 e. The SMILES string of the molecule is N#Cc1c(N)sc2c1CCN(C(=O)C(OC1CCCC1)c1ccccc1)C2. The van der Waals surface area contributed by atoms with Gasteiger partial charge in [-0.15, -0.1) is 11.3 Å². The lowest BCUT2D eigenvalue weighted by molar-refractivity contribution is -0.149. The molecule has 0 radical (unpaired) electrons. The van der Waals surface area contributed by atoms with Crippen LogP contribution in [0, 0.1) is 11.3 Å². The average Bonchev–Trinajstić information content (AvgIpc) is 3.32. The molecule has 1 saturated carbocycles. The summed E-state index contributed by atoms with van der Waals surface area (Å²) in [5.74, 6) is 0.00392. The Morgan fingerprint density at radius 2 is 2.04 bits per heavy atom. The summed E-state index contributed by atoms with van der Waals surface area (Å²) in [6.45, 7) is 1.09. The number of benzene rings is 1. The van der Waals surface area contributed by atoms with Crippen LogP contribution in [0.5, 0.6) is 0 Å². The Bertz CT molecular complexity index is 866. The fraction of sp³-hybridized carbons (Fsp3) is 0.429. The number of hydrogen-bond donors (Lipinski definition) is 1. The van der Waals surface area contributed by atoms with Crippen LogP contribution in [-0.2, 0) is 22.5 Å². The van der Waals surface area contributed by atoms with E-state index < -0.39 is 6.10 Å². The van der Waals surface area contributed by atoms with Crippen LogP contribution in [0.3, 0.4) is 0 Å². The molecular weight excluding hydrogens is 358 g/mol. The number of rotatable bonds is 4. The summed E-state index contributed by atoms with van der Waals surface area (Å²) >= 11 is 1.42. The van der Waals surface area contributed by atoms with Gasteiger partial charge in [-0.3, -0.25) is 4.79 Å². The smallest absolute Gasteiger partial charge is 0.256 e. The van der Waals surface area contributed by atoms with Gasteiger partial charge in [0.2, 0.25) is 0 Å². The highest BCUT2D eigenvalue weighted by atomic mass is 32.1. The number of anilines is 1. The van der Waals surface area contributed by atoms with Crippen molar-refractivity contribution in [2.75, 3.05) is 12.3 Å². The number of carbonyl (C=O) groups excluding carboxylic acids is 1. The van der Waals surface area contributed by atoms with Crippen LogP contribution in [0.15, 0.2) is 30.3 Å². The topological polar surface area (TPSA) is 79.4 Å². The van der Waals surface area contributed by atoms with Crippen LogP contribution < -0.4 is 5.73 Å². The fourth-order valence-electron chi connectivity index (χ4n) is 4.03. The molecule has 4 rings (SSSR count). The normalized spacial score (nSPS) is 18.1. The van der Waals surface area contributed by atoms with E-state index in [1.54, 1.807) is 0 Å².